The standard InChI is InChI=1S/C12H16N2O3/c15-5-4-14(10-2-1-3-10)12(17)9-6-11(16)8-13-7-9/h6-8,10,15-16H,1-5H2. The van der Waals surface area contributed by atoms with Gasteiger partial charge < -0.3 is 15.1 Å². The number of carbonyl (C=O) groups excluding carboxylic acids is 1. The van der Waals surface area contributed by atoms with E-state index in [2.05, 4.69) is 4.98 Å². The second-order valence-electron chi connectivity index (χ2n) is 4.24. The summed E-state index contributed by atoms with van der Waals surface area (Å²) in [5.41, 5.74) is 0.366. The Labute approximate surface area is 99.7 Å². The number of aromatic nitrogens is 1. The van der Waals surface area contributed by atoms with Crippen molar-refractivity contribution in [2.45, 2.75) is 25.3 Å². The fourth-order valence-electron chi connectivity index (χ4n) is 1.97. The van der Waals surface area contributed by atoms with Gasteiger partial charge in [0.15, 0.2) is 0 Å². The average Bonchev–Trinajstić information content (AvgIpc) is 2.25. The van der Waals surface area contributed by atoms with Crippen molar-refractivity contribution in [2.75, 3.05) is 13.2 Å². The normalized spacial score (nSPS) is 15.4. The van der Waals surface area contributed by atoms with Crippen LogP contribution in [0.4, 0.5) is 0 Å². The maximum absolute atomic E-state index is 12.2. The van der Waals surface area contributed by atoms with E-state index in [1.807, 2.05) is 0 Å². The van der Waals surface area contributed by atoms with E-state index >= 15 is 0 Å². The molecule has 5 nitrogen and oxygen atoms in total. The van der Waals surface area contributed by atoms with Gasteiger partial charge in [-0.3, -0.25) is 9.78 Å². The quantitative estimate of drug-likeness (QED) is 0.810. The predicted molar refractivity (Wildman–Crippen MR) is 61.7 cm³/mol. The predicted octanol–water partition coefficient (Wildman–Crippen LogP) is 0.774. The number of pyridine rings is 1. The number of aliphatic hydroxyl groups excluding tert-OH is 1. The Bertz CT molecular complexity index is 404. The number of nitrogens with zero attached hydrogens (tertiary/aromatic N) is 2. The lowest BCUT2D eigenvalue weighted by Gasteiger charge is -2.37. The fourth-order valence-corrected chi connectivity index (χ4v) is 1.97. The van der Waals surface area contributed by atoms with Crippen molar-refractivity contribution in [1.29, 1.82) is 0 Å². The van der Waals surface area contributed by atoms with Gasteiger partial charge >= 0.3 is 0 Å². The minimum atomic E-state index is -0.174. The molecule has 1 aliphatic carbocycles. The van der Waals surface area contributed by atoms with Crippen molar-refractivity contribution in [3.63, 3.8) is 0 Å². The maximum atomic E-state index is 12.2. The zero-order valence-corrected chi connectivity index (χ0v) is 9.54. The van der Waals surface area contributed by atoms with Gasteiger partial charge in [-0.25, -0.2) is 0 Å². The monoisotopic (exact) mass is 236 g/mol. The van der Waals surface area contributed by atoms with Gasteiger partial charge in [0.05, 0.1) is 18.4 Å². The minimum absolute atomic E-state index is 0.0200. The molecule has 1 saturated carbocycles. The molecule has 92 valence electrons. The molecule has 0 radical (unpaired) electrons. The van der Waals surface area contributed by atoms with E-state index in [1.165, 1.54) is 18.5 Å². The van der Waals surface area contributed by atoms with Gasteiger partial charge in [-0.2, -0.15) is 0 Å². The first-order valence-corrected chi connectivity index (χ1v) is 5.78. The van der Waals surface area contributed by atoms with Crippen LogP contribution in [0.15, 0.2) is 18.5 Å². The second-order valence-corrected chi connectivity index (χ2v) is 4.24. The SMILES string of the molecule is O=C(c1cncc(O)c1)N(CCO)C1CCC1. The molecule has 0 unspecified atom stereocenters. The molecule has 1 amide bonds. The number of amides is 1. The highest BCUT2D eigenvalue weighted by molar-refractivity contribution is 5.94. The van der Waals surface area contributed by atoms with Crippen molar-refractivity contribution in [3.05, 3.63) is 24.0 Å². The highest BCUT2D eigenvalue weighted by Gasteiger charge is 2.29. The molecule has 1 aromatic heterocycles. The molecule has 0 bridgehead atoms. The zero-order valence-electron chi connectivity index (χ0n) is 9.54. The van der Waals surface area contributed by atoms with Crippen LogP contribution in [-0.2, 0) is 0 Å². The summed E-state index contributed by atoms with van der Waals surface area (Å²) in [5, 5.41) is 18.3. The first kappa shape index (κ1) is 11.9. The van der Waals surface area contributed by atoms with Gasteiger partial charge in [-0.15, -0.1) is 0 Å². The minimum Gasteiger partial charge on any atom is -0.506 e. The molecule has 5 heteroatoms. The summed E-state index contributed by atoms with van der Waals surface area (Å²) >= 11 is 0. The third kappa shape index (κ3) is 2.55. The Hall–Kier alpha value is -1.62. The lowest BCUT2D eigenvalue weighted by molar-refractivity contribution is 0.0525. The van der Waals surface area contributed by atoms with E-state index in [0.717, 1.165) is 19.3 Å². The number of rotatable bonds is 4. The summed E-state index contributed by atoms with van der Waals surface area (Å²) in [6, 6.07) is 1.62. The molecule has 1 aromatic rings. The maximum Gasteiger partial charge on any atom is 0.255 e. The average molecular weight is 236 g/mol. The van der Waals surface area contributed by atoms with Crippen LogP contribution in [0.2, 0.25) is 0 Å². The van der Waals surface area contributed by atoms with Crippen molar-refractivity contribution >= 4 is 5.91 Å². The van der Waals surface area contributed by atoms with E-state index in [9.17, 15) is 9.90 Å². The van der Waals surface area contributed by atoms with E-state index < -0.39 is 0 Å². The van der Waals surface area contributed by atoms with Crippen LogP contribution in [0.25, 0.3) is 0 Å². The second kappa shape index (κ2) is 5.14. The number of aromatic hydroxyl groups is 1. The summed E-state index contributed by atoms with van der Waals surface area (Å²) in [4.78, 5) is 17.6. The van der Waals surface area contributed by atoms with Crippen molar-refractivity contribution in [2.24, 2.45) is 0 Å². The Morgan fingerprint density at radius 1 is 1.47 bits per heavy atom. The van der Waals surface area contributed by atoms with Crippen LogP contribution in [0.5, 0.6) is 5.75 Å². The first-order valence-electron chi connectivity index (χ1n) is 5.78. The van der Waals surface area contributed by atoms with E-state index in [-0.39, 0.29) is 24.3 Å². The summed E-state index contributed by atoms with van der Waals surface area (Å²) in [7, 11) is 0. The lowest BCUT2D eigenvalue weighted by Crippen LogP contribution is -2.45. The Morgan fingerprint density at radius 3 is 2.76 bits per heavy atom. The Balaban J connectivity index is 2.15. The van der Waals surface area contributed by atoms with Crippen LogP contribution in [0.1, 0.15) is 29.6 Å². The zero-order chi connectivity index (χ0) is 12.3. The number of carbonyl (C=O) groups is 1. The van der Waals surface area contributed by atoms with Gasteiger partial charge in [-0.05, 0) is 25.3 Å². The van der Waals surface area contributed by atoms with Gasteiger partial charge in [0.25, 0.3) is 5.91 Å². The van der Waals surface area contributed by atoms with Crippen molar-refractivity contribution in [1.82, 2.24) is 9.88 Å². The fraction of sp³-hybridized carbons (Fsp3) is 0.500. The van der Waals surface area contributed by atoms with Crippen LogP contribution < -0.4 is 0 Å². The summed E-state index contributed by atoms with van der Waals surface area (Å²) in [5.74, 6) is -0.194. The molecule has 0 spiro atoms. The number of hydrogen-bond donors (Lipinski definition) is 2. The Morgan fingerprint density at radius 2 is 2.24 bits per heavy atom. The largest absolute Gasteiger partial charge is 0.506 e. The molecule has 1 heterocycles. The van der Waals surface area contributed by atoms with Gasteiger partial charge in [0, 0.05) is 18.8 Å². The highest BCUT2D eigenvalue weighted by Crippen LogP contribution is 2.26. The van der Waals surface area contributed by atoms with Crippen LogP contribution in [0.3, 0.4) is 0 Å². The van der Waals surface area contributed by atoms with Crippen LogP contribution >= 0.6 is 0 Å². The molecule has 2 N–H and O–H groups in total. The molecular weight excluding hydrogens is 220 g/mol. The number of aliphatic hydroxyl groups is 1. The van der Waals surface area contributed by atoms with Crippen molar-refractivity contribution < 1.29 is 15.0 Å². The molecule has 2 rings (SSSR count). The first-order chi connectivity index (χ1) is 8.22. The molecular formula is C12H16N2O3. The molecule has 0 aromatic carbocycles. The highest BCUT2D eigenvalue weighted by atomic mass is 16.3. The van der Waals surface area contributed by atoms with E-state index in [0.29, 0.717) is 12.1 Å². The molecule has 0 atom stereocenters. The lowest BCUT2D eigenvalue weighted by atomic mass is 9.91. The summed E-state index contributed by atoms with van der Waals surface area (Å²) in [6.07, 6.45) is 5.82. The molecule has 1 fully saturated rings. The smallest absolute Gasteiger partial charge is 0.255 e. The van der Waals surface area contributed by atoms with E-state index in [4.69, 9.17) is 5.11 Å². The summed E-state index contributed by atoms with van der Waals surface area (Å²) < 4.78 is 0. The number of hydrogen-bond acceptors (Lipinski definition) is 4. The molecule has 0 saturated heterocycles. The molecule has 0 aliphatic heterocycles. The topological polar surface area (TPSA) is 73.7 Å². The molecule has 17 heavy (non-hydrogen) atoms. The van der Waals surface area contributed by atoms with Crippen molar-refractivity contribution in [3.8, 4) is 5.75 Å². The summed E-state index contributed by atoms with van der Waals surface area (Å²) in [6.45, 7) is 0.285. The third-order valence-electron chi connectivity index (χ3n) is 3.09. The molecule has 1 aliphatic rings. The van der Waals surface area contributed by atoms with E-state index in [1.54, 1.807) is 4.90 Å². The Kier molecular flexibility index (Phi) is 3.58. The van der Waals surface area contributed by atoms with Gasteiger partial charge in [0.1, 0.15) is 5.75 Å². The third-order valence-corrected chi connectivity index (χ3v) is 3.09. The van der Waals surface area contributed by atoms with Gasteiger partial charge in [-0.1, -0.05) is 0 Å². The van der Waals surface area contributed by atoms with Gasteiger partial charge in [0.2, 0.25) is 0 Å². The van der Waals surface area contributed by atoms with Crippen LogP contribution in [-0.4, -0.2) is 45.2 Å². The van der Waals surface area contributed by atoms with Crippen LogP contribution in [0, 0.1) is 0 Å².